The second-order valence-corrected chi connectivity index (χ2v) is 5.39. The van der Waals surface area contributed by atoms with Crippen LogP contribution in [-0.4, -0.2) is 0 Å². The second kappa shape index (κ2) is 5.17. The number of hydrogen-bond donors (Lipinski definition) is 0. The maximum atomic E-state index is 13.4. The van der Waals surface area contributed by atoms with Crippen molar-refractivity contribution in [2.24, 2.45) is 0 Å². The van der Waals surface area contributed by atoms with Crippen LogP contribution < -0.4 is 4.74 Å². The van der Waals surface area contributed by atoms with Crippen molar-refractivity contribution in [3.63, 3.8) is 0 Å². The maximum absolute atomic E-state index is 13.4. The van der Waals surface area contributed by atoms with Crippen LogP contribution in [0.3, 0.4) is 0 Å². The van der Waals surface area contributed by atoms with E-state index in [0.717, 1.165) is 9.35 Å². The summed E-state index contributed by atoms with van der Waals surface area (Å²) >= 11 is 10.5. The first kappa shape index (κ1) is 11.9. The molecule has 84 valence electrons. The fourth-order valence-corrected chi connectivity index (χ4v) is 2.70. The highest BCUT2D eigenvalue weighted by Gasteiger charge is 2.07. The summed E-state index contributed by atoms with van der Waals surface area (Å²) in [7, 11) is 0. The Bertz CT molecular complexity index is 500. The Morgan fingerprint density at radius 2 is 2.25 bits per heavy atom. The topological polar surface area (TPSA) is 9.23 Å². The van der Waals surface area contributed by atoms with Crippen LogP contribution in [0.5, 0.6) is 5.75 Å². The van der Waals surface area contributed by atoms with E-state index >= 15 is 0 Å². The second-order valence-electron chi connectivity index (χ2n) is 3.07. The maximum Gasteiger partial charge on any atom is 0.183 e. The Hall–Kier alpha value is -0.580. The van der Waals surface area contributed by atoms with E-state index in [2.05, 4.69) is 15.9 Å². The third kappa shape index (κ3) is 2.75. The van der Waals surface area contributed by atoms with Crippen molar-refractivity contribution >= 4 is 38.9 Å². The third-order valence-electron chi connectivity index (χ3n) is 1.91. The number of ether oxygens (including phenoxy) is 1. The molecule has 0 atom stereocenters. The van der Waals surface area contributed by atoms with E-state index in [0.29, 0.717) is 6.61 Å². The molecular formula is C11H7BrClFOS. The fourth-order valence-electron chi connectivity index (χ4n) is 1.17. The van der Waals surface area contributed by atoms with Gasteiger partial charge >= 0.3 is 0 Å². The van der Waals surface area contributed by atoms with Crippen molar-refractivity contribution in [2.75, 3.05) is 0 Å². The molecule has 0 bridgehead atoms. The van der Waals surface area contributed by atoms with Crippen LogP contribution in [0.15, 0.2) is 34.1 Å². The van der Waals surface area contributed by atoms with Gasteiger partial charge in [-0.1, -0.05) is 17.7 Å². The SMILES string of the molecule is Fc1c(Cl)cccc1OCc1cc(Br)cs1. The standard InChI is InChI=1S/C11H7BrClFOS/c12-7-4-8(16-6-7)5-15-10-3-1-2-9(13)11(10)14/h1-4,6H,5H2. The number of benzene rings is 1. The molecule has 0 saturated heterocycles. The van der Waals surface area contributed by atoms with Crippen LogP contribution in [0.4, 0.5) is 4.39 Å². The lowest BCUT2D eigenvalue weighted by Crippen LogP contribution is -1.95. The van der Waals surface area contributed by atoms with Gasteiger partial charge in [-0.25, -0.2) is 4.39 Å². The molecule has 16 heavy (non-hydrogen) atoms. The normalized spacial score (nSPS) is 10.4. The predicted octanol–water partition coefficient (Wildman–Crippen LogP) is 4.88. The molecule has 0 saturated carbocycles. The van der Waals surface area contributed by atoms with E-state index in [4.69, 9.17) is 16.3 Å². The fraction of sp³-hybridized carbons (Fsp3) is 0.0909. The Balaban J connectivity index is 2.07. The Kier molecular flexibility index (Phi) is 3.84. The summed E-state index contributed by atoms with van der Waals surface area (Å²) in [6.45, 7) is 0.341. The highest BCUT2D eigenvalue weighted by atomic mass is 79.9. The van der Waals surface area contributed by atoms with Gasteiger partial charge in [-0.2, -0.15) is 0 Å². The quantitative estimate of drug-likeness (QED) is 0.782. The molecule has 0 N–H and O–H groups in total. The molecule has 0 amide bonds. The molecule has 2 aromatic rings. The lowest BCUT2D eigenvalue weighted by Gasteiger charge is -2.06. The summed E-state index contributed by atoms with van der Waals surface area (Å²) in [6, 6.07) is 6.65. The molecule has 0 unspecified atom stereocenters. The van der Waals surface area contributed by atoms with E-state index in [1.165, 1.54) is 6.07 Å². The lowest BCUT2D eigenvalue weighted by atomic mass is 10.3. The van der Waals surface area contributed by atoms with Crippen molar-refractivity contribution in [3.05, 3.63) is 49.8 Å². The molecule has 0 aliphatic rings. The zero-order valence-corrected chi connectivity index (χ0v) is 11.2. The zero-order valence-electron chi connectivity index (χ0n) is 8.04. The number of thiophene rings is 1. The molecule has 0 aliphatic heterocycles. The minimum absolute atomic E-state index is 0.0739. The van der Waals surface area contributed by atoms with Gasteiger partial charge in [-0.15, -0.1) is 11.3 Å². The zero-order chi connectivity index (χ0) is 11.5. The van der Waals surface area contributed by atoms with Gasteiger partial charge in [0.1, 0.15) is 6.61 Å². The Labute approximate surface area is 110 Å². The molecule has 0 radical (unpaired) electrons. The lowest BCUT2D eigenvalue weighted by molar-refractivity contribution is 0.293. The highest BCUT2D eigenvalue weighted by molar-refractivity contribution is 9.10. The van der Waals surface area contributed by atoms with Crippen molar-refractivity contribution in [1.82, 2.24) is 0 Å². The predicted molar refractivity (Wildman–Crippen MR) is 67.8 cm³/mol. The monoisotopic (exact) mass is 320 g/mol. The van der Waals surface area contributed by atoms with E-state index in [-0.39, 0.29) is 10.8 Å². The van der Waals surface area contributed by atoms with Crippen LogP contribution in [-0.2, 0) is 6.61 Å². The summed E-state index contributed by atoms with van der Waals surface area (Å²) in [6.07, 6.45) is 0. The van der Waals surface area contributed by atoms with Crippen LogP contribution in [0.1, 0.15) is 4.88 Å². The number of hydrogen-bond acceptors (Lipinski definition) is 2. The van der Waals surface area contributed by atoms with Crippen molar-refractivity contribution in [1.29, 1.82) is 0 Å². The number of halogens is 3. The van der Waals surface area contributed by atoms with Gasteiger partial charge in [-0.3, -0.25) is 0 Å². The van der Waals surface area contributed by atoms with Crippen molar-refractivity contribution in [2.45, 2.75) is 6.61 Å². The van der Waals surface area contributed by atoms with E-state index < -0.39 is 5.82 Å². The van der Waals surface area contributed by atoms with Gasteiger partial charge in [0, 0.05) is 14.7 Å². The molecule has 0 fully saturated rings. The Morgan fingerprint density at radius 3 is 2.94 bits per heavy atom. The summed E-state index contributed by atoms with van der Waals surface area (Å²) < 4.78 is 19.8. The largest absolute Gasteiger partial charge is 0.485 e. The van der Waals surface area contributed by atoms with Gasteiger partial charge < -0.3 is 4.74 Å². The molecule has 1 aromatic heterocycles. The van der Waals surface area contributed by atoms with Gasteiger partial charge in [-0.05, 0) is 34.1 Å². The smallest absolute Gasteiger partial charge is 0.183 e. The first-order valence-corrected chi connectivity index (χ1v) is 6.51. The first-order chi connectivity index (χ1) is 7.66. The van der Waals surface area contributed by atoms with E-state index in [1.54, 1.807) is 23.5 Å². The van der Waals surface area contributed by atoms with Crippen LogP contribution in [0, 0.1) is 5.82 Å². The van der Waals surface area contributed by atoms with Crippen molar-refractivity contribution < 1.29 is 9.13 Å². The van der Waals surface area contributed by atoms with E-state index in [1.807, 2.05) is 11.4 Å². The molecular weight excluding hydrogens is 315 g/mol. The average Bonchev–Trinajstić information content (AvgIpc) is 2.67. The van der Waals surface area contributed by atoms with Crippen LogP contribution >= 0.6 is 38.9 Å². The molecule has 1 nitrogen and oxygen atoms in total. The number of rotatable bonds is 3. The van der Waals surface area contributed by atoms with Gasteiger partial charge in [0.25, 0.3) is 0 Å². The summed E-state index contributed by atoms with van der Waals surface area (Å²) in [5.41, 5.74) is 0. The third-order valence-corrected chi connectivity index (χ3v) is 3.87. The minimum Gasteiger partial charge on any atom is -0.485 e. The van der Waals surface area contributed by atoms with Crippen molar-refractivity contribution in [3.8, 4) is 5.75 Å². The summed E-state index contributed by atoms with van der Waals surface area (Å²) in [5.74, 6) is -0.336. The first-order valence-electron chi connectivity index (χ1n) is 4.46. The molecule has 1 heterocycles. The van der Waals surface area contributed by atoms with Crippen LogP contribution in [0.25, 0.3) is 0 Å². The average molecular weight is 322 g/mol. The summed E-state index contributed by atoms with van der Waals surface area (Å²) in [5, 5.41) is 2.03. The van der Waals surface area contributed by atoms with Crippen LogP contribution in [0.2, 0.25) is 5.02 Å². The molecule has 5 heteroatoms. The van der Waals surface area contributed by atoms with Gasteiger partial charge in [0.15, 0.2) is 11.6 Å². The molecule has 0 aliphatic carbocycles. The molecule has 2 rings (SSSR count). The van der Waals surface area contributed by atoms with Gasteiger partial charge in [0.2, 0.25) is 0 Å². The summed E-state index contributed by atoms with van der Waals surface area (Å²) in [4.78, 5) is 1.02. The highest BCUT2D eigenvalue weighted by Crippen LogP contribution is 2.26. The van der Waals surface area contributed by atoms with Gasteiger partial charge in [0.05, 0.1) is 5.02 Å². The van der Waals surface area contributed by atoms with E-state index in [9.17, 15) is 4.39 Å². The molecule has 0 spiro atoms. The minimum atomic E-state index is -0.514. The Morgan fingerprint density at radius 1 is 1.44 bits per heavy atom. The molecule has 1 aromatic carbocycles.